The molecule has 2 rings (SSSR count). The molecule has 1 aliphatic heterocycles. The van der Waals surface area contributed by atoms with Gasteiger partial charge in [0.25, 0.3) is 5.91 Å². The first-order chi connectivity index (χ1) is 7.32. The van der Waals surface area contributed by atoms with Crippen LogP contribution in [-0.2, 0) is 9.47 Å². The molecule has 80 valence electrons. The Morgan fingerprint density at radius 2 is 1.80 bits per heavy atom. The summed E-state index contributed by atoms with van der Waals surface area (Å²) in [4.78, 5) is 0. The summed E-state index contributed by atoms with van der Waals surface area (Å²) in [6, 6.07) is 9.85. The van der Waals surface area contributed by atoms with Crippen molar-refractivity contribution < 1.29 is 9.47 Å². The molecule has 0 atom stereocenters. The molecule has 0 saturated carbocycles. The predicted octanol–water partition coefficient (Wildman–Crippen LogP) is 1.47. The maximum atomic E-state index is 5.37. The van der Waals surface area contributed by atoms with Crippen molar-refractivity contribution in [3.05, 3.63) is 42.6 Å². The Kier molecular flexibility index (Phi) is 2.62. The Hall–Kier alpha value is -1.52. The van der Waals surface area contributed by atoms with E-state index in [1.165, 1.54) is 0 Å². The largest absolute Gasteiger partial charge is 0.331 e. The minimum absolute atomic E-state index is 0.860. The second-order valence-electron chi connectivity index (χ2n) is 3.17. The van der Waals surface area contributed by atoms with Crippen LogP contribution in [-0.4, -0.2) is 20.1 Å². The highest BCUT2D eigenvalue weighted by atomic mass is 16.7. The standard InChI is InChI=1S/C11H14N2O2/c1-14-11(15-2)8-9-12-13(11)10-6-4-3-5-7-10/h3-9,12H,1-2H3. The van der Waals surface area contributed by atoms with Gasteiger partial charge >= 0.3 is 0 Å². The van der Waals surface area contributed by atoms with Crippen molar-refractivity contribution in [1.82, 2.24) is 5.43 Å². The molecule has 4 nitrogen and oxygen atoms in total. The molecule has 0 amide bonds. The van der Waals surface area contributed by atoms with Gasteiger partial charge in [-0.3, -0.25) is 0 Å². The van der Waals surface area contributed by atoms with E-state index in [2.05, 4.69) is 5.43 Å². The van der Waals surface area contributed by atoms with E-state index in [4.69, 9.17) is 9.47 Å². The maximum absolute atomic E-state index is 5.37. The third kappa shape index (κ3) is 1.58. The van der Waals surface area contributed by atoms with Crippen LogP contribution in [0.1, 0.15) is 0 Å². The number of benzene rings is 1. The quantitative estimate of drug-likeness (QED) is 0.759. The van der Waals surface area contributed by atoms with Crippen LogP contribution >= 0.6 is 0 Å². The van der Waals surface area contributed by atoms with E-state index in [1.807, 2.05) is 41.4 Å². The summed E-state index contributed by atoms with van der Waals surface area (Å²) in [6.07, 6.45) is 3.61. The number of ether oxygens (including phenoxy) is 2. The minimum Gasteiger partial charge on any atom is -0.331 e. The zero-order chi connectivity index (χ0) is 10.7. The maximum Gasteiger partial charge on any atom is 0.292 e. The number of hydrogen-bond acceptors (Lipinski definition) is 4. The molecule has 1 heterocycles. The lowest BCUT2D eigenvalue weighted by Gasteiger charge is -2.35. The molecule has 0 aromatic heterocycles. The lowest BCUT2D eigenvalue weighted by atomic mass is 10.3. The van der Waals surface area contributed by atoms with Gasteiger partial charge in [-0.25, -0.2) is 5.01 Å². The number of nitrogens with zero attached hydrogens (tertiary/aromatic N) is 1. The minimum atomic E-state index is -0.860. The van der Waals surface area contributed by atoms with E-state index < -0.39 is 5.91 Å². The second-order valence-corrected chi connectivity index (χ2v) is 3.17. The highest BCUT2D eigenvalue weighted by Gasteiger charge is 2.38. The summed E-state index contributed by atoms with van der Waals surface area (Å²) in [5.41, 5.74) is 4.05. The summed E-state index contributed by atoms with van der Waals surface area (Å²) >= 11 is 0. The number of rotatable bonds is 3. The summed E-state index contributed by atoms with van der Waals surface area (Å²) in [5.74, 6) is -0.860. The van der Waals surface area contributed by atoms with Crippen LogP contribution in [0, 0.1) is 0 Å². The molecule has 1 aliphatic rings. The van der Waals surface area contributed by atoms with Gasteiger partial charge in [-0.2, -0.15) is 0 Å². The van der Waals surface area contributed by atoms with Crippen molar-refractivity contribution in [2.45, 2.75) is 5.91 Å². The molecule has 0 bridgehead atoms. The highest BCUT2D eigenvalue weighted by molar-refractivity contribution is 5.49. The van der Waals surface area contributed by atoms with Crippen LogP contribution in [0.25, 0.3) is 0 Å². The fourth-order valence-electron chi connectivity index (χ4n) is 1.62. The Bertz CT molecular complexity index is 347. The van der Waals surface area contributed by atoms with Crippen LogP contribution in [0.15, 0.2) is 42.6 Å². The molecule has 0 spiro atoms. The van der Waals surface area contributed by atoms with E-state index in [1.54, 1.807) is 20.4 Å². The van der Waals surface area contributed by atoms with Crippen molar-refractivity contribution in [3.8, 4) is 0 Å². The number of hydrazine groups is 1. The molecule has 15 heavy (non-hydrogen) atoms. The second kappa shape index (κ2) is 3.92. The van der Waals surface area contributed by atoms with Gasteiger partial charge < -0.3 is 14.9 Å². The summed E-state index contributed by atoms with van der Waals surface area (Å²) in [6.45, 7) is 0. The Labute approximate surface area is 89.1 Å². The molecule has 0 unspecified atom stereocenters. The number of para-hydroxylation sites is 1. The first-order valence-electron chi connectivity index (χ1n) is 4.72. The van der Waals surface area contributed by atoms with Crippen molar-refractivity contribution in [3.63, 3.8) is 0 Å². The normalized spacial score (nSPS) is 17.9. The third-order valence-electron chi connectivity index (χ3n) is 2.41. The lowest BCUT2D eigenvalue weighted by molar-refractivity contribution is -0.168. The number of anilines is 1. The summed E-state index contributed by atoms with van der Waals surface area (Å²) in [5, 5.41) is 1.81. The molecular weight excluding hydrogens is 192 g/mol. The molecule has 1 N–H and O–H groups in total. The van der Waals surface area contributed by atoms with Gasteiger partial charge in [-0.05, 0) is 12.1 Å². The topological polar surface area (TPSA) is 33.7 Å². The molecule has 1 aromatic rings. The van der Waals surface area contributed by atoms with Gasteiger partial charge in [0.05, 0.1) is 5.69 Å². The predicted molar refractivity (Wildman–Crippen MR) is 57.9 cm³/mol. The first kappa shape index (κ1) is 10.0. The summed E-state index contributed by atoms with van der Waals surface area (Å²) < 4.78 is 10.7. The van der Waals surface area contributed by atoms with Crippen LogP contribution < -0.4 is 10.4 Å². The smallest absolute Gasteiger partial charge is 0.292 e. The van der Waals surface area contributed by atoms with Gasteiger partial charge in [0.15, 0.2) is 0 Å². The third-order valence-corrected chi connectivity index (χ3v) is 2.41. The van der Waals surface area contributed by atoms with Crippen LogP contribution in [0.2, 0.25) is 0 Å². The molecule has 0 fully saturated rings. The fraction of sp³-hybridized carbons (Fsp3) is 0.273. The summed E-state index contributed by atoms with van der Waals surface area (Å²) in [7, 11) is 3.22. The van der Waals surface area contributed by atoms with Crippen molar-refractivity contribution in [1.29, 1.82) is 0 Å². The Balaban J connectivity index is 2.31. The Morgan fingerprint density at radius 3 is 2.40 bits per heavy atom. The zero-order valence-corrected chi connectivity index (χ0v) is 8.81. The zero-order valence-electron chi connectivity index (χ0n) is 8.81. The SMILES string of the molecule is COC1(OC)C=CNN1c1ccccc1. The molecular formula is C11H14N2O2. The molecule has 0 saturated heterocycles. The van der Waals surface area contributed by atoms with Gasteiger partial charge in [0.2, 0.25) is 0 Å². The van der Waals surface area contributed by atoms with Crippen molar-refractivity contribution >= 4 is 5.69 Å². The molecule has 0 radical (unpaired) electrons. The monoisotopic (exact) mass is 206 g/mol. The van der Waals surface area contributed by atoms with Crippen LogP contribution in [0.5, 0.6) is 0 Å². The molecule has 1 aromatic carbocycles. The number of hydrogen-bond donors (Lipinski definition) is 1. The molecule has 4 heteroatoms. The van der Waals surface area contributed by atoms with E-state index >= 15 is 0 Å². The van der Waals surface area contributed by atoms with E-state index in [-0.39, 0.29) is 0 Å². The lowest BCUT2D eigenvalue weighted by Crippen LogP contribution is -2.51. The van der Waals surface area contributed by atoms with Gasteiger partial charge in [0.1, 0.15) is 0 Å². The van der Waals surface area contributed by atoms with E-state index in [9.17, 15) is 0 Å². The van der Waals surface area contributed by atoms with Crippen molar-refractivity contribution in [2.24, 2.45) is 0 Å². The Morgan fingerprint density at radius 1 is 1.13 bits per heavy atom. The first-order valence-corrected chi connectivity index (χ1v) is 4.72. The van der Waals surface area contributed by atoms with Gasteiger partial charge in [-0.1, -0.05) is 18.2 Å². The van der Waals surface area contributed by atoms with E-state index in [0.29, 0.717) is 0 Å². The van der Waals surface area contributed by atoms with Crippen molar-refractivity contribution in [2.75, 3.05) is 19.2 Å². The average Bonchev–Trinajstić information content (AvgIpc) is 2.74. The number of methoxy groups -OCH3 is 2. The van der Waals surface area contributed by atoms with Crippen LogP contribution in [0.4, 0.5) is 5.69 Å². The van der Waals surface area contributed by atoms with E-state index in [0.717, 1.165) is 5.69 Å². The van der Waals surface area contributed by atoms with Gasteiger partial charge in [-0.15, -0.1) is 0 Å². The average molecular weight is 206 g/mol. The van der Waals surface area contributed by atoms with Crippen LogP contribution in [0.3, 0.4) is 0 Å². The number of nitrogens with one attached hydrogen (secondary N) is 1. The van der Waals surface area contributed by atoms with Gasteiger partial charge in [0, 0.05) is 26.5 Å². The fourth-order valence-corrected chi connectivity index (χ4v) is 1.62. The highest BCUT2D eigenvalue weighted by Crippen LogP contribution is 2.27. The molecule has 0 aliphatic carbocycles.